The third-order valence-electron chi connectivity index (χ3n) is 4.40. The fraction of sp³-hybridized carbons (Fsp3) is 0.500. The van der Waals surface area contributed by atoms with Crippen LogP contribution in [0.25, 0.3) is 11.4 Å². The molecule has 0 aliphatic heterocycles. The molecule has 9 heteroatoms. The molecule has 29 heavy (non-hydrogen) atoms. The molecule has 160 valence electrons. The molecular formula is C20H30N4O3S2. The summed E-state index contributed by atoms with van der Waals surface area (Å²) in [5, 5.41) is 9.48. The van der Waals surface area contributed by atoms with E-state index in [9.17, 15) is 8.42 Å². The molecule has 1 aromatic carbocycles. The Bertz CT molecular complexity index is 937. The van der Waals surface area contributed by atoms with E-state index in [0.29, 0.717) is 31.1 Å². The zero-order valence-corrected chi connectivity index (χ0v) is 19.4. The topological polar surface area (TPSA) is 77.3 Å². The normalized spacial score (nSPS) is 13.0. The van der Waals surface area contributed by atoms with Crippen LogP contribution in [0.2, 0.25) is 0 Å². The van der Waals surface area contributed by atoms with Crippen molar-refractivity contribution in [1.82, 2.24) is 19.1 Å². The Hall–Kier alpha value is -1.68. The maximum Gasteiger partial charge on any atom is 0.243 e. The number of nitrogens with zero attached hydrogens (tertiary/aromatic N) is 4. The van der Waals surface area contributed by atoms with Crippen LogP contribution in [0.4, 0.5) is 0 Å². The van der Waals surface area contributed by atoms with Crippen LogP contribution >= 0.6 is 11.8 Å². The van der Waals surface area contributed by atoms with Gasteiger partial charge in [-0.05, 0) is 26.0 Å². The lowest BCUT2D eigenvalue weighted by Gasteiger charge is -2.20. The standard InChI is InChI=1S/C20H30N4O3S2/c1-7-23(8-2)29(25,26)18-11-9-10-17(12-18)19-21-22-20(28-14-15(3)4)24(19)16(5)13-27-6/h9-12,16H,3,7-8,13-14H2,1-2,4-6H3/t16-/m0/s1. The minimum absolute atomic E-state index is 0.0133. The second-order valence-corrected chi connectivity index (χ2v) is 9.72. The monoisotopic (exact) mass is 438 g/mol. The fourth-order valence-electron chi connectivity index (χ4n) is 2.98. The molecule has 0 bridgehead atoms. The summed E-state index contributed by atoms with van der Waals surface area (Å²) in [6.07, 6.45) is 0. The molecule has 2 aromatic rings. The van der Waals surface area contributed by atoms with Crippen molar-refractivity contribution in [3.63, 3.8) is 0 Å². The van der Waals surface area contributed by atoms with Crippen LogP contribution in [0.1, 0.15) is 33.7 Å². The minimum Gasteiger partial charge on any atom is -0.383 e. The van der Waals surface area contributed by atoms with Gasteiger partial charge in [0.15, 0.2) is 11.0 Å². The summed E-state index contributed by atoms with van der Waals surface area (Å²) in [7, 11) is -1.90. The number of methoxy groups -OCH3 is 1. The Morgan fingerprint density at radius 2 is 2.00 bits per heavy atom. The molecule has 0 fully saturated rings. The Kier molecular flexibility index (Phi) is 8.45. The molecule has 2 rings (SSSR count). The average molecular weight is 439 g/mol. The summed E-state index contributed by atoms with van der Waals surface area (Å²) < 4.78 is 34.6. The molecular weight excluding hydrogens is 408 g/mol. The Labute approximate surface area is 178 Å². The second-order valence-electron chi connectivity index (χ2n) is 6.84. The number of thioether (sulfide) groups is 1. The Morgan fingerprint density at radius 3 is 2.59 bits per heavy atom. The molecule has 7 nitrogen and oxygen atoms in total. The van der Waals surface area contributed by atoms with Gasteiger partial charge in [0, 0.05) is 31.5 Å². The minimum atomic E-state index is -3.56. The van der Waals surface area contributed by atoms with E-state index in [2.05, 4.69) is 16.8 Å². The van der Waals surface area contributed by atoms with E-state index in [0.717, 1.165) is 16.5 Å². The third kappa shape index (κ3) is 5.48. The predicted molar refractivity (Wildman–Crippen MR) is 118 cm³/mol. The molecule has 0 saturated carbocycles. The van der Waals surface area contributed by atoms with Crippen LogP contribution < -0.4 is 0 Å². The lowest BCUT2D eigenvalue weighted by molar-refractivity contribution is 0.159. The van der Waals surface area contributed by atoms with E-state index in [-0.39, 0.29) is 10.9 Å². The first-order valence-corrected chi connectivity index (χ1v) is 12.0. The van der Waals surface area contributed by atoms with Gasteiger partial charge >= 0.3 is 0 Å². The maximum atomic E-state index is 12.9. The van der Waals surface area contributed by atoms with Crippen LogP contribution in [0.3, 0.4) is 0 Å². The summed E-state index contributed by atoms with van der Waals surface area (Å²) in [5.74, 6) is 1.35. The van der Waals surface area contributed by atoms with Gasteiger partial charge in [0.1, 0.15) is 0 Å². The van der Waals surface area contributed by atoms with Crippen molar-refractivity contribution in [3.8, 4) is 11.4 Å². The number of sulfonamides is 1. The molecule has 0 spiro atoms. The molecule has 1 heterocycles. The van der Waals surface area contributed by atoms with Gasteiger partial charge in [-0.2, -0.15) is 4.31 Å². The first-order chi connectivity index (χ1) is 13.8. The summed E-state index contributed by atoms with van der Waals surface area (Å²) >= 11 is 1.55. The van der Waals surface area contributed by atoms with Crippen LogP contribution in [0, 0.1) is 0 Å². The lowest BCUT2D eigenvalue weighted by Crippen LogP contribution is -2.30. The molecule has 1 atom stereocenters. The van der Waals surface area contributed by atoms with Gasteiger partial charge in [0.05, 0.1) is 17.5 Å². The van der Waals surface area contributed by atoms with E-state index >= 15 is 0 Å². The molecule has 0 aliphatic rings. The number of ether oxygens (including phenoxy) is 1. The van der Waals surface area contributed by atoms with Crippen molar-refractivity contribution in [2.45, 2.75) is 43.8 Å². The molecule has 0 saturated heterocycles. The van der Waals surface area contributed by atoms with Crippen molar-refractivity contribution in [2.75, 3.05) is 32.6 Å². The van der Waals surface area contributed by atoms with Gasteiger partial charge in [-0.1, -0.05) is 49.9 Å². The van der Waals surface area contributed by atoms with E-state index in [1.54, 1.807) is 37.1 Å². The SMILES string of the molecule is C=C(C)CSc1nnc(-c2cccc(S(=O)(=O)N(CC)CC)c2)n1[C@@H](C)COC. The zero-order chi connectivity index (χ0) is 21.6. The average Bonchev–Trinajstić information content (AvgIpc) is 3.11. The highest BCUT2D eigenvalue weighted by Crippen LogP contribution is 2.30. The molecule has 0 aliphatic carbocycles. The number of aromatic nitrogens is 3. The van der Waals surface area contributed by atoms with E-state index < -0.39 is 10.0 Å². The third-order valence-corrected chi connectivity index (χ3v) is 7.62. The van der Waals surface area contributed by atoms with Gasteiger partial charge in [-0.15, -0.1) is 10.2 Å². The number of hydrogen-bond donors (Lipinski definition) is 0. The van der Waals surface area contributed by atoms with Gasteiger partial charge in [-0.25, -0.2) is 8.42 Å². The van der Waals surface area contributed by atoms with Gasteiger partial charge < -0.3 is 4.74 Å². The summed E-state index contributed by atoms with van der Waals surface area (Å²) in [6, 6.07) is 6.87. The van der Waals surface area contributed by atoms with Crippen molar-refractivity contribution >= 4 is 21.8 Å². The fourth-order valence-corrected chi connectivity index (χ4v) is 5.37. The van der Waals surface area contributed by atoms with Crippen LogP contribution in [0.15, 0.2) is 46.5 Å². The van der Waals surface area contributed by atoms with Crippen molar-refractivity contribution < 1.29 is 13.2 Å². The van der Waals surface area contributed by atoms with Crippen molar-refractivity contribution in [2.24, 2.45) is 0 Å². The summed E-state index contributed by atoms with van der Waals surface area (Å²) in [6.45, 7) is 12.9. The lowest BCUT2D eigenvalue weighted by atomic mass is 10.2. The molecule has 1 aromatic heterocycles. The first-order valence-electron chi connectivity index (χ1n) is 9.57. The smallest absolute Gasteiger partial charge is 0.243 e. The van der Waals surface area contributed by atoms with Crippen LogP contribution in [0.5, 0.6) is 0 Å². The summed E-state index contributed by atoms with van der Waals surface area (Å²) in [4.78, 5) is 0.254. The highest BCUT2D eigenvalue weighted by atomic mass is 32.2. The van der Waals surface area contributed by atoms with E-state index in [4.69, 9.17) is 4.74 Å². The number of benzene rings is 1. The maximum absolute atomic E-state index is 12.9. The van der Waals surface area contributed by atoms with Crippen LogP contribution in [-0.2, 0) is 14.8 Å². The van der Waals surface area contributed by atoms with Crippen molar-refractivity contribution in [3.05, 3.63) is 36.4 Å². The Morgan fingerprint density at radius 1 is 1.31 bits per heavy atom. The number of rotatable bonds is 11. The molecule has 0 amide bonds. The molecule has 0 N–H and O–H groups in total. The zero-order valence-electron chi connectivity index (χ0n) is 17.8. The quantitative estimate of drug-likeness (QED) is 0.392. The van der Waals surface area contributed by atoms with Crippen molar-refractivity contribution in [1.29, 1.82) is 0 Å². The number of hydrogen-bond acceptors (Lipinski definition) is 6. The second kappa shape index (κ2) is 10.4. The van der Waals surface area contributed by atoms with E-state index in [1.165, 1.54) is 4.31 Å². The molecule has 0 radical (unpaired) electrons. The highest BCUT2D eigenvalue weighted by Gasteiger charge is 2.24. The summed E-state index contributed by atoms with van der Waals surface area (Å²) in [5.41, 5.74) is 1.74. The molecule has 0 unspecified atom stereocenters. The highest BCUT2D eigenvalue weighted by molar-refractivity contribution is 7.99. The van der Waals surface area contributed by atoms with Crippen LogP contribution in [-0.4, -0.2) is 60.0 Å². The first kappa shape index (κ1) is 23.6. The predicted octanol–water partition coefficient (Wildman–Crippen LogP) is 3.85. The van der Waals surface area contributed by atoms with E-state index in [1.807, 2.05) is 38.3 Å². The van der Waals surface area contributed by atoms with Gasteiger partial charge in [-0.3, -0.25) is 4.57 Å². The van der Waals surface area contributed by atoms with Gasteiger partial charge in [0.25, 0.3) is 0 Å². The largest absolute Gasteiger partial charge is 0.383 e. The Balaban J connectivity index is 2.53. The van der Waals surface area contributed by atoms with Gasteiger partial charge in [0.2, 0.25) is 10.0 Å².